The van der Waals surface area contributed by atoms with Crippen LogP contribution in [0.2, 0.25) is 10.0 Å². The minimum Gasteiger partial charge on any atom is -0.493 e. The molecule has 0 saturated carbocycles. The van der Waals surface area contributed by atoms with Gasteiger partial charge in [-0.25, -0.2) is 0 Å². The van der Waals surface area contributed by atoms with E-state index in [1.165, 1.54) is 0 Å². The Kier molecular flexibility index (Phi) is 7.34. The normalized spacial score (nSPS) is 14.6. The van der Waals surface area contributed by atoms with Crippen LogP contribution >= 0.6 is 23.2 Å². The number of carbonyl (C=O) groups is 2. The van der Waals surface area contributed by atoms with Crippen LogP contribution in [0.5, 0.6) is 17.2 Å². The van der Waals surface area contributed by atoms with Crippen LogP contribution in [-0.2, 0) is 11.2 Å². The van der Waals surface area contributed by atoms with Crippen LogP contribution in [0.25, 0.3) is 0 Å². The fourth-order valence-electron chi connectivity index (χ4n) is 3.70. The zero-order valence-electron chi connectivity index (χ0n) is 18.0. The van der Waals surface area contributed by atoms with Gasteiger partial charge in [0.05, 0.1) is 17.5 Å². The van der Waals surface area contributed by atoms with Crippen LogP contribution in [-0.4, -0.2) is 38.0 Å². The first-order valence-electron chi connectivity index (χ1n) is 10.6. The van der Waals surface area contributed by atoms with Crippen molar-refractivity contribution in [1.29, 1.82) is 0 Å². The Morgan fingerprint density at radius 3 is 2.56 bits per heavy atom. The molecule has 1 aliphatic heterocycles. The number of carboxylic acids is 1. The maximum atomic E-state index is 12.5. The van der Waals surface area contributed by atoms with Gasteiger partial charge in [-0.3, -0.25) is 9.59 Å². The monoisotopic (exact) mass is 495 g/mol. The smallest absolute Gasteiger partial charge is 0.311 e. The summed E-state index contributed by atoms with van der Waals surface area (Å²) in [6.45, 7) is 0.724. The molecule has 1 unspecified atom stereocenters. The average molecular weight is 496 g/mol. The van der Waals surface area contributed by atoms with Gasteiger partial charge in [0.25, 0.3) is 5.91 Å². The Morgan fingerprint density at radius 2 is 1.85 bits per heavy atom. The first-order valence-corrected chi connectivity index (χ1v) is 11.4. The molecule has 6 nitrogen and oxygen atoms in total. The van der Waals surface area contributed by atoms with E-state index in [-0.39, 0.29) is 10.9 Å². The van der Waals surface area contributed by atoms with E-state index >= 15 is 0 Å². The minimum absolute atomic E-state index is 0.224. The van der Waals surface area contributed by atoms with Crippen LogP contribution < -0.4 is 20.3 Å². The first-order chi connectivity index (χ1) is 16.3. The second-order valence-electron chi connectivity index (χ2n) is 7.83. The highest BCUT2D eigenvalue weighted by Gasteiger charge is 2.29. The Hall–Kier alpha value is -3.16. The van der Waals surface area contributed by atoms with Crippen LogP contribution in [0.1, 0.15) is 33.8 Å². The van der Waals surface area contributed by atoms with Gasteiger partial charge in [0.2, 0.25) is 0 Å². The molecule has 0 fully saturated rings. The fourth-order valence-corrected chi connectivity index (χ4v) is 4.20. The third-order valence-corrected chi connectivity index (χ3v) is 6.15. The lowest BCUT2D eigenvalue weighted by molar-refractivity contribution is -0.139. The van der Waals surface area contributed by atoms with Gasteiger partial charge in [-0.15, -0.1) is 0 Å². The van der Waals surface area contributed by atoms with Crippen molar-refractivity contribution in [2.24, 2.45) is 0 Å². The molecule has 0 saturated heterocycles. The first kappa shape index (κ1) is 24.0. The number of benzene rings is 3. The van der Waals surface area contributed by atoms with Crippen LogP contribution in [0, 0.1) is 0 Å². The molecule has 1 amide bonds. The molecule has 4 rings (SSSR count). The van der Waals surface area contributed by atoms with E-state index in [2.05, 4.69) is 5.32 Å². The average Bonchev–Trinajstić information content (AvgIpc) is 2.81. The zero-order chi connectivity index (χ0) is 24.2. The lowest BCUT2D eigenvalue weighted by Crippen LogP contribution is -2.25. The molecule has 2 N–H and O–H groups in total. The van der Waals surface area contributed by atoms with Gasteiger partial charge < -0.3 is 19.9 Å². The third kappa shape index (κ3) is 5.49. The van der Waals surface area contributed by atoms with Crippen LogP contribution in [0.3, 0.4) is 0 Å². The maximum Gasteiger partial charge on any atom is 0.311 e. The number of fused-ring (bicyclic) bond motifs is 1. The summed E-state index contributed by atoms with van der Waals surface area (Å²) in [7, 11) is 5.70. The summed E-state index contributed by atoms with van der Waals surface area (Å²) >= 11 is 12.5. The van der Waals surface area contributed by atoms with Gasteiger partial charge in [-0.2, -0.15) is 0 Å². The summed E-state index contributed by atoms with van der Waals surface area (Å²) in [5.74, 6) is -0.557. The van der Waals surface area contributed by atoms with Crippen molar-refractivity contribution in [3.05, 3.63) is 81.3 Å². The van der Waals surface area contributed by atoms with E-state index in [1.807, 2.05) is 6.07 Å². The Bertz CT molecular complexity index is 1230. The van der Waals surface area contributed by atoms with Gasteiger partial charge >= 0.3 is 5.97 Å². The number of hydrogen-bond donors (Lipinski definition) is 2. The predicted molar refractivity (Wildman–Crippen MR) is 131 cm³/mol. The van der Waals surface area contributed by atoms with Gasteiger partial charge in [0.15, 0.2) is 0 Å². The van der Waals surface area contributed by atoms with Gasteiger partial charge in [0.1, 0.15) is 25.1 Å². The molecular formula is C25H20BCl2NO5. The number of halogens is 2. The van der Waals surface area contributed by atoms with Crippen LogP contribution in [0.4, 0.5) is 0 Å². The molecule has 0 aliphatic carbocycles. The molecule has 9 heteroatoms. The van der Waals surface area contributed by atoms with Crippen LogP contribution in [0.15, 0.2) is 54.6 Å². The number of amides is 1. The van der Waals surface area contributed by atoms with Crippen molar-refractivity contribution < 1.29 is 24.2 Å². The van der Waals surface area contributed by atoms with E-state index in [0.717, 1.165) is 5.56 Å². The summed E-state index contributed by atoms with van der Waals surface area (Å²) in [6.07, 6.45) is 0.961. The van der Waals surface area contributed by atoms with Gasteiger partial charge in [-0.05, 0) is 48.7 Å². The molecule has 172 valence electrons. The van der Waals surface area contributed by atoms with Gasteiger partial charge in [-0.1, -0.05) is 46.9 Å². The molecule has 0 spiro atoms. The molecule has 2 radical (unpaired) electrons. The molecular weight excluding hydrogens is 476 g/mol. The largest absolute Gasteiger partial charge is 0.493 e. The molecule has 0 bridgehead atoms. The molecule has 0 aromatic heterocycles. The summed E-state index contributed by atoms with van der Waals surface area (Å²) in [5, 5.41) is 13.1. The van der Waals surface area contributed by atoms with Crippen molar-refractivity contribution >= 4 is 48.4 Å². The van der Waals surface area contributed by atoms with Gasteiger partial charge in [0, 0.05) is 28.8 Å². The second kappa shape index (κ2) is 10.4. The van der Waals surface area contributed by atoms with Crippen molar-refractivity contribution in [2.75, 3.05) is 13.2 Å². The standard InChI is InChI=1S/C25H20BCl2NO5/c26-16-4-1-14(20(27)11-16)7-9-29-24(30)15-2-5-17(6-3-15)34-23-13-22-19(12-21(23)28)18(25(31)32)8-10-33-22/h1-6,11-13,18H,7-10H2,(H,29,30)(H,31,32). The molecule has 1 heterocycles. The Balaban J connectivity index is 1.38. The van der Waals surface area contributed by atoms with E-state index in [9.17, 15) is 14.7 Å². The Labute approximate surface area is 208 Å². The lowest BCUT2D eigenvalue weighted by Gasteiger charge is -2.24. The number of nitrogens with one attached hydrogen (secondary N) is 1. The summed E-state index contributed by atoms with van der Waals surface area (Å²) in [4.78, 5) is 23.9. The molecule has 3 aromatic rings. The summed E-state index contributed by atoms with van der Waals surface area (Å²) in [5.41, 5.74) is 2.50. The third-order valence-electron chi connectivity index (χ3n) is 5.50. The Morgan fingerprint density at radius 1 is 1.09 bits per heavy atom. The molecule has 34 heavy (non-hydrogen) atoms. The number of rotatable bonds is 7. The number of hydrogen-bond acceptors (Lipinski definition) is 4. The lowest BCUT2D eigenvalue weighted by atomic mass is 9.93. The number of carbonyl (C=O) groups excluding carboxylic acids is 1. The maximum absolute atomic E-state index is 12.5. The quantitative estimate of drug-likeness (QED) is 0.471. The highest BCUT2D eigenvalue weighted by atomic mass is 35.5. The second-order valence-corrected chi connectivity index (χ2v) is 8.65. The fraction of sp³-hybridized carbons (Fsp3) is 0.200. The molecule has 1 atom stereocenters. The number of carboxylic acid groups (broad SMARTS) is 1. The van der Waals surface area contributed by atoms with E-state index in [0.29, 0.717) is 64.9 Å². The number of aliphatic carboxylic acids is 1. The SMILES string of the molecule is [B]c1ccc(CCNC(=O)c2ccc(Oc3cc4c(cc3Cl)C(C(=O)O)CCO4)cc2)c(Cl)c1. The number of ether oxygens (including phenoxy) is 2. The van der Waals surface area contributed by atoms with E-state index in [1.54, 1.807) is 48.5 Å². The van der Waals surface area contributed by atoms with E-state index in [4.69, 9.17) is 40.5 Å². The van der Waals surface area contributed by atoms with Crippen molar-refractivity contribution in [3.63, 3.8) is 0 Å². The van der Waals surface area contributed by atoms with Crippen molar-refractivity contribution in [2.45, 2.75) is 18.8 Å². The highest BCUT2D eigenvalue weighted by Crippen LogP contribution is 2.41. The summed E-state index contributed by atoms with van der Waals surface area (Å²) in [6, 6.07) is 15.1. The highest BCUT2D eigenvalue weighted by molar-refractivity contribution is 6.36. The predicted octanol–water partition coefficient (Wildman–Crippen LogP) is 4.50. The summed E-state index contributed by atoms with van der Waals surface area (Å²) < 4.78 is 11.5. The minimum atomic E-state index is -0.917. The van der Waals surface area contributed by atoms with E-state index < -0.39 is 11.9 Å². The van der Waals surface area contributed by atoms with Crippen molar-refractivity contribution in [3.8, 4) is 17.2 Å². The molecule has 3 aromatic carbocycles. The topological polar surface area (TPSA) is 84.9 Å². The molecule has 1 aliphatic rings. The van der Waals surface area contributed by atoms with Crippen molar-refractivity contribution in [1.82, 2.24) is 5.32 Å². The zero-order valence-corrected chi connectivity index (χ0v) is 19.5.